The summed E-state index contributed by atoms with van der Waals surface area (Å²) in [7, 11) is 0. The van der Waals surface area contributed by atoms with Gasteiger partial charge in [-0.25, -0.2) is 0 Å². The van der Waals surface area contributed by atoms with Crippen LogP contribution in [0.3, 0.4) is 0 Å². The largest absolute Gasteiger partial charge is 0.426 e. The summed E-state index contributed by atoms with van der Waals surface area (Å²) in [5.41, 5.74) is 2.72. The lowest BCUT2D eigenvalue weighted by atomic mass is 10.1. The van der Waals surface area contributed by atoms with Crippen molar-refractivity contribution in [1.82, 2.24) is 0 Å². The lowest BCUT2D eigenvalue weighted by Crippen LogP contribution is -2.27. The molecule has 0 aromatic heterocycles. The van der Waals surface area contributed by atoms with E-state index in [1.54, 1.807) is 34.1 Å². The summed E-state index contributed by atoms with van der Waals surface area (Å²) in [6, 6.07) is 14.6. The number of hydrogen-bond donors (Lipinski definition) is 0. The zero-order valence-electron chi connectivity index (χ0n) is 15.8. The number of carbonyl (C=O) groups excluding carboxylic acids is 3. The fourth-order valence-corrected chi connectivity index (χ4v) is 3.65. The summed E-state index contributed by atoms with van der Waals surface area (Å²) < 4.78 is 5.47. The molecule has 0 bridgehead atoms. The predicted molar refractivity (Wildman–Crippen MR) is 105 cm³/mol. The predicted octanol–water partition coefficient (Wildman–Crippen LogP) is 3.08. The zero-order chi connectivity index (χ0) is 19.7. The third-order valence-electron chi connectivity index (χ3n) is 5.24. The molecule has 2 saturated heterocycles. The Morgan fingerprint density at radius 3 is 2.21 bits per heavy atom. The Kier molecular flexibility index (Phi) is 4.86. The van der Waals surface area contributed by atoms with Crippen LogP contribution in [0.25, 0.3) is 0 Å². The summed E-state index contributed by atoms with van der Waals surface area (Å²) in [6.45, 7) is 3.03. The molecule has 2 amide bonds. The Labute approximate surface area is 163 Å². The normalized spacial score (nSPS) is 19.4. The van der Waals surface area contributed by atoms with Crippen molar-refractivity contribution in [3.63, 3.8) is 0 Å². The van der Waals surface area contributed by atoms with Crippen LogP contribution in [0.4, 0.5) is 11.4 Å². The lowest BCUT2D eigenvalue weighted by molar-refractivity contribution is -0.139. The van der Waals surface area contributed by atoms with Gasteiger partial charge in [-0.15, -0.1) is 0 Å². The summed E-state index contributed by atoms with van der Waals surface area (Å²) in [6.07, 6.45) is 1.58. The van der Waals surface area contributed by atoms with E-state index in [1.165, 1.54) is 0 Å². The van der Waals surface area contributed by atoms with E-state index in [4.69, 9.17) is 4.74 Å². The molecule has 2 fully saturated rings. The van der Waals surface area contributed by atoms with Gasteiger partial charge in [0, 0.05) is 37.3 Å². The first-order valence-electron chi connectivity index (χ1n) is 9.50. The average molecular weight is 378 g/mol. The van der Waals surface area contributed by atoms with Gasteiger partial charge in [-0.1, -0.05) is 17.7 Å². The molecule has 2 aliphatic rings. The van der Waals surface area contributed by atoms with Crippen molar-refractivity contribution >= 4 is 29.2 Å². The van der Waals surface area contributed by atoms with Crippen LogP contribution in [0.15, 0.2) is 48.5 Å². The molecule has 1 unspecified atom stereocenters. The first-order valence-corrected chi connectivity index (χ1v) is 9.50. The summed E-state index contributed by atoms with van der Waals surface area (Å²) in [5.74, 6) is -0.442. The number of rotatable bonds is 4. The van der Waals surface area contributed by atoms with E-state index in [-0.39, 0.29) is 18.2 Å². The average Bonchev–Trinajstić information content (AvgIpc) is 3.29. The molecule has 144 valence electrons. The van der Waals surface area contributed by atoms with Crippen molar-refractivity contribution in [2.75, 3.05) is 22.9 Å². The SMILES string of the molecule is Cc1ccc(N2CC(C(=O)Oc3ccc(N4CCCC4=O)cc3)CC2=O)cc1. The molecule has 0 N–H and O–H groups in total. The van der Waals surface area contributed by atoms with Gasteiger partial charge in [0.1, 0.15) is 5.75 Å². The highest BCUT2D eigenvalue weighted by molar-refractivity contribution is 5.99. The molecule has 0 radical (unpaired) electrons. The quantitative estimate of drug-likeness (QED) is 0.606. The van der Waals surface area contributed by atoms with Gasteiger partial charge in [0.05, 0.1) is 5.92 Å². The maximum Gasteiger partial charge on any atom is 0.316 e. The van der Waals surface area contributed by atoms with E-state index in [2.05, 4.69) is 0 Å². The maximum absolute atomic E-state index is 12.5. The minimum atomic E-state index is -0.492. The number of esters is 1. The van der Waals surface area contributed by atoms with Gasteiger partial charge in [-0.2, -0.15) is 0 Å². The van der Waals surface area contributed by atoms with E-state index < -0.39 is 11.9 Å². The fraction of sp³-hybridized carbons (Fsp3) is 0.318. The third kappa shape index (κ3) is 3.63. The number of ether oxygens (including phenoxy) is 1. The molecule has 6 nitrogen and oxygen atoms in total. The number of amides is 2. The van der Waals surface area contributed by atoms with E-state index in [9.17, 15) is 14.4 Å². The Bertz CT molecular complexity index is 905. The summed E-state index contributed by atoms with van der Waals surface area (Å²) in [4.78, 5) is 40.0. The maximum atomic E-state index is 12.5. The van der Waals surface area contributed by atoms with E-state index in [0.29, 0.717) is 18.7 Å². The van der Waals surface area contributed by atoms with Crippen molar-refractivity contribution in [2.45, 2.75) is 26.2 Å². The highest BCUT2D eigenvalue weighted by Crippen LogP contribution is 2.28. The van der Waals surface area contributed by atoms with Gasteiger partial charge in [0.15, 0.2) is 0 Å². The minimum Gasteiger partial charge on any atom is -0.426 e. The second-order valence-corrected chi connectivity index (χ2v) is 7.30. The number of anilines is 2. The van der Waals surface area contributed by atoms with Gasteiger partial charge in [0.2, 0.25) is 11.8 Å². The summed E-state index contributed by atoms with van der Waals surface area (Å²) >= 11 is 0. The highest BCUT2D eigenvalue weighted by Gasteiger charge is 2.36. The number of nitrogens with zero attached hydrogens (tertiary/aromatic N) is 2. The first-order chi connectivity index (χ1) is 13.5. The monoisotopic (exact) mass is 378 g/mol. The second-order valence-electron chi connectivity index (χ2n) is 7.30. The molecule has 2 aromatic carbocycles. The lowest BCUT2D eigenvalue weighted by Gasteiger charge is -2.17. The third-order valence-corrected chi connectivity index (χ3v) is 5.24. The Balaban J connectivity index is 1.39. The molecule has 1 atom stereocenters. The molecule has 0 aliphatic carbocycles. The molecule has 2 heterocycles. The number of hydrogen-bond acceptors (Lipinski definition) is 4. The molecule has 6 heteroatoms. The molecule has 0 saturated carbocycles. The van der Waals surface area contributed by atoms with Gasteiger partial charge in [-0.05, 0) is 49.7 Å². The van der Waals surface area contributed by atoms with Crippen molar-refractivity contribution in [3.05, 3.63) is 54.1 Å². The van der Waals surface area contributed by atoms with Crippen LogP contribution in [-0.4, -0.2) is 30.9 Å². The van der Waals surface area contributed by atoms with Gasteiger partial charge in [-0.3, -0.25) is 14.4 Å². The Hall–Kier alpha value is -3.15. The van der Waals surface area contributed by atoms with E-state index in [0.717, 1.165) is 29.9 Å². The Morgan fingerprint density at radius 1 is 0.929 bits per heavy atom. The van der Waals surface area contributed by atoms with E-state index >= 15 is 0 Å². The molecule has 2 aromatic rings. The molecule has 0 spiro atoms. The minimum absolute atomic E-state index is 0.0753. The van der Waals surface area contributed by atoms with Crippen LogP contribution >= 0.6 is 0 Å². The molecule has 28 heavy (non-hydrogen) atoms. The number of carbonyl (C=O) groups is 3. The van der Waals surface area contributed by atoms with Crippen molar-refractivity contribution < 1.29 is 19.1 Å². The molecule has 2 aliphatic heterocycles. The van der Waals surface area contributed by atoms with Crippen LogP contribution in [0, 0.1) is 12.8 Å². The smallest absolute Gasteiger partial charge is 0.316 e. The highest BCUT2D eigenvalue weighted by atomic mass is 16.5. The van der Waals surface area contributed by atoms with Gasteiger partial charge >= 0.3 is 5.97 Å². The van der Waals surface area contributed by atoms with Crippen molar-refractivity contribution in [1.29, 1.82) is 0 Å². The first kappa shape index (κ1) is 18.2. The zero-order valence-corrected chi connectivity index (χ0v) is 15.8. The molecular formula is C22H22N2O4. The molecule has 4 rings (SSSR count). The standard InChI is InChI=1S/C22H22N2O4/c1-15-4-6-18(7-5-15)24-14-16(13-21(24)26)22(27)28-19-10-8-17(9-11-19)23-12-2-3-20(23)25/h4-11,16H,2-3,12-14H2,1H3. The van der Waals surface area contributed by atoms with Crippen molar-refractivity contribution in [2.24, 2.45) is 5.92 Å². The van der Waals surface area contributed by atoms with Gasteiger partial charge in [0.25, 0.3) is 0 Å². The van der Waals surface area contributed by atoms with Crippen LogP contribution in [-0.2, 0) is 14.4 Å². The van der Waals surface area contributed by atoms with Crippen LogP contribution < -0.4 is 14.5 Å². The Morgan fingerprint density at radius 2 is 1.57 bits per heavy atom. The summed E-state index contributed by atoms with van der Waals surface area (Å²) in [5, 5.41) is 0. The van der Waals surface area contributed by atoms with Crippen LogP contribution in [0.1, 0.15) is 24.8 Å². The number of aryl methyl sites for hydroxylation is 1. The molecular weight excluding hydrogens is 356 g/mol. The van der Waals surface area contributed by atoms with Crippen molar-refractivity contribution in [3.8, 4) is 5.75 Å². The van der Waals surface area contributed by atoms with Crippen LogP contribution in [0.2, 0.25) is 0 Å². The van der Waals surface area contributed by atoms with Gasteiger partial charge < -0.3 is 14.5 Å². The second kappa shape index (κ2) is 7.46. The number of benzene rings is 2. The topological polar surface area (TPSA) is 66.9 Å². The van der Waals surface area contributed by atoms with E-state index in [1.807, 2.05) is 31.2 Å². The van der Waals surface area contributed by atoms with Crippen LogP contribution in [0.5, 0.6) is 5.75 Å². The fourth-order valence-electron chi connectivity index (χ4n) is 3.65.